The molecule has 118 valence electrons. The minimum absolute atomic E-state index is 0.0916. The Morgan fingerprint density at radius 1 is 1.38 bits per heavy atom. The van der Waals surface area contributed by atoms with Crippen LogP contribution in [0.15, 0.2) is 12.4 Å². The van der Waals surface area contributed by atoms with Crippen LogP contribution < -0.4 is 4.72 Å². The van der Waals surface area contributed by atoms with E-state index in [2.05, 4.69) is 14.3 Å². The van der Waals surface area contributed by atoms with E-state index in [4.69, 9.17) is 4.74 Å². The molecule has 1 N–H and O–H groups in total. The van der Waals surface area contributed by atoms with Crippen molar-refractivity contribution < 1.29 is 13.2 Å². The SMILES string of the molecule is O=S(=O)(C[C@@H]1CCCCO1)NC[C@H]1CCn2ccnc2C1. The Kier molecular flexibility index (Phi) is 4.61. The summed E-state index contributed by atoms with van der Waals surface area (Å²) in [6.07, 6.45) is 8.44. The van der Waals surface area contributed by atoms with Gasteiger partial charge >= 0.3 is 0 Å². The van der Waals surface area contributed by atoms with Crippen LogP contribution in [-0.2, 0) is 27.7 Å². The normalized spacial score (nSPS) is 26.5. The Morgan fingerprint density at radius 3 is 3.10 bits per heavy atom. The molecule has 3 heterocycles. The van der Waals surface area contributed by atoms with Gasteiger partial charge in [-0.15, -0.1) is 0 Å². The first-order valence-electron chi connectivity index (χ1n) is 7.71. The Balaban J connectivity index is 1.48. The van der Waals surface area contributed by atoms with Crippen LogP contribution in [0.4, 0.5) is 0 Å². The minimum atomic E-state index is -3.25. The number of fused-ring (bicyclic) bond motifs is 1. The van der Waals surface area contributed by atoms with Gasteiger partial charge < -0.3 is 9.30 Å². The van der Waals surface area contributed by atoms with E-state index in [1.165, 1.54) is 0 Å². The van der Waals surface area contributed by atoms with Gasteiger partial charge in [-0.05, 0) is 31.6 Å². The Morgan fingerprint density at radius 2 is 2.29 bits per heavy atom. The zero-order valence-corrected chi connectivity index (χ0v) is 13.0. The van der Waals surface area contributed by atoms with Crippen LogP contribution in [0.1, 0.15) is 31.5 Å². The molecule has 0 aromatic carbocycles. The summed E-state index contributed by atoms with van der Waals surface area (Å²) in [6.45, 7) is 2.11. The lowest BCUT2D eigenvalue weighted by Crippen LogP contribution is -2.38. The van der Waals surface area contributed by atoms with Gasteiger partial charge in [-0.25, -0.2) is 18.1 Å². The van der Waals surface area contributed by atoms with Gasteiger partial charge in [-0.1, -0.05) is 0 Å². The maximum atomic E-state index is 12.1. The standard InChI is InChI=1S/C14H23N3O3S/c18-21(19,11-13-3-1-2-8-20-13)16-10-12-4-6-17-7-5-15-14(17)9-12/h5,7,12-13,16H,1-4,6,8-11H2/t12-,13-/m0/s1. The molecule has 3 rings (SSSR count). The van der Waals surface area contributed by atoms with Gasteiger partial charge in [0.15, 0.2) is 0 Å². The molecule has 0 unspecified atom stereocenters. The van der Waals surface area contributed by atoms with E-state index in [1.54, 1.807) is 0 Å². The molecule has 7 heteroatoms. The third-order valence-electron chi connectivity index (χ3n) is 4.32. The molecule has 2 atom stereocenters. The summed E-state index contributed by atoms with van der Waals surface area (Å²) in [5.41, 5.74) is 0. The average Bonchev–Trinajstić information content (AvgIpc) is 2.93. The highest BCUT2D eigenvalue weighted by Crippen LogP contribution is 2.19. The summed E-state index contributed by atoms with van der Waals surface area (Å²) in [7, 11) is -3.25. The van der Waals surface area contributed by atoms with Gasteiger partial charge in [0, 0.05) is 38.5 Å². The highest BCUT2D eigenvalue weighted by molar-refractivity contribution is 7.89. The van der Waals surface area contributed by atoms with Gasteiger partial charge in [0.05, 0.1) is 11.9 Å². The van der Waals surface area contributed by atoms with Crippen LogP contribution >= 0.6 is 0 Å². The monoisotopic (exact) mass is 313 g/mol. The van der Waals surface area contributed by atoms with Crippen LogP contribution in [0.2, 0.25) is 0 Å². The summed E-state index contributed by atoms with van der Waals surface area (Å²) in [5.74, 6) is 1.48. The topological polar surface area (TPSA) is 73.2 Å². The third kappa shape index (κ3) is 4.05. The molecule has 0 spiro atoms. The van der Waals surface area contributed by atoms with E-state index in [9.17, 15) is 8.42 Å². The number of rotatable bonds is 5. The van der Waals surface area contributed by atoms with Gasteiger partial charge in [0.2, 0.25) is 10.0 Å². The molecule has 21 heavy (non-hydrogen) atoms. The molecule has 1 fully saturated rings. The Bertz CT molecular complexity index is 564. The molecule has 1 aromatic heterocycles. The largest absolute Gasteiger partial charge is 0.377 e. The van der Waals surface area contributed by atoms with E-state index < -0.39 is 10.0 Å². The third-order valence-corrected chi connectivity index (χ3v) is 5.74. The van der Waals surface area contributed by atoms with Gasteiger partial charge in [-0.2, -0.15) is 0 Å². The van der Waals surface area contributed by atoms with Crippen molar-refractivity contribution in [2.24, 2.45) is 5.92 Å². The number of hydrogen-bond donors (Lipinski definition) is 1. The molecular formula is C14H23N3O3S. The highest BCUT2D eigenvalue weighted by atomic mass is 32.2. The molecule has 0 aliphatic carbocycles. The number of imidazole rings is 1. The number of nitrogens with zero attached hydrogens (tertiary/aromatic N) is 2. The molecule has 2 aliphatic rings. The maximum Gasteiger partial charge on any atom is 0.214 e. The summed E-state index contributed by atoms with van der Waals surface area (Å²) in [4.78, 5) is 4.31. The lowest BCUT2D eigenvalue weighted by atomic mass is 9.98. The second-order valence-corrected chi connectivity index (χ2v) is 7.87. The highest BCUT2D eigenvalue weighted by Gasteiger charge is 2.24. The van der Waals surface area contributed by atoms with Crippen molar-refractivity contribution >= 4 is 10.0 Å². The lowest BCUT2D eigenvalue weighted by molar-refractivity contribution is 0.0304. The minimum Gasteiger partial charge on any atom is -0.377 e. The Labute approximate surface area is 125 Å². The van der Waals surface area contributed by atoms with Crippen molar-refractivity contribution in [3.05, 3.63) is 18.2 Å². The first kappa shape index (κ1) is 15.0. The van der Waals surface area contributed by atoms with Crippen LogP contribution in [0, 0.1) is 5.92 Å². The summed E-state index contributed by atoms with van der Waals surface area (Å²) in [6, 6.07) is 0. The van der Waals surface area contributed by atoms with Gasteiger partial charge in [0.25, 0.3) is 0 Å². The van der Waals surface area contributed by atoms with E-state index in [0.29, 0.717) is 19.1 Å². The maximum absolute atomic E-state index is 12.1. The number of nitrogens with one attached hydrogen (secondary N) is 1. The van der Waals surface area contributed by atoms with E-state index in [-0.39, 0.29) is 11.9 Å². The van der Waals surface area contributed by atoms with Gasteiger partial charge in [-0.3, -0.25) is 0 Å². The summed E-state index contributed by atoms with van der Waals surface area (Å²) < 4.78 is 34.7. The predicted octanol–water partition coefficient (Wildman–Crippen LogP) is 0.934. The van der Waals surface area contributed by atoms with Crippen LogP contribution in [0.25, 0.3) is 0 Å². The zero-order chi connectivity index (χ0) is 14.7. The lowest BCUT2D eigenvalue weighted by Gasteiger charge is -2.25. The first-order chi connectivity index (χ1) is 10.1. The number of sulfonamides is 1. The summed E-state index contributed by atoms with van der Waals surface area (Å²) in [5, 5.41) is 0. The number of hydrogen-bond acceptors (Lipinski definition) is 4. The molecule has 1 aromatic rings. The van der Waals surface area contributed by atoms with Crippen molar-refractivity contribution in [3.8, 4) is 0 Å². The van der Waals surface area contributed by atoms with Crippen molar-refractivity contribution in [1.29, 1.82) is 0 Å². The van der Waals surface area contributed by atoms with Crippen molar-refractivity contribution in [2.45, 2.75) is 44.8 Å². The molecule has 6 nitrogen and oxygen atoms in total. The molecular weight excluding hydrogens is 290 g/mol. The fraction of sp³-hybridized carbons (Fsp3) is 0.786. The zero-order valence-electron chi connectivity index (χ0n) is 12.2. The van der Waals surface area contributed by atoms with Gasteiger partial charge in [0.1, 0.15) is 5.82 Å². The fourth-order valence-corrected chi connectivity index (χ4v) is 4.44. The van der Waals surface area contributed by atoms with Crippen molar-refractivity contribution in [3.63, 3.8) is 0 Å². The molecule has 1 saturated heterocycles. The van der Waals surface area contributed by atoms with Crippen LogP contribution in [0.5, 0.6) is 0 Å². The van der Waals surface area contributed by atoms with Crippen LogP contribution in [-0.4, -0.2) is 43.0 Å². The second-order valence-electron chi connectivity index (χ2n) is 6.01. The molecule has 0 saturated carbocycles. The number of ether oxygens (including phenoxy) is 1. The van der Waals surface area contributed by atoms with Crippen molar-refractivity contribution in [2.75, 3.05) is 18.9 Å². The summed E-state index contributed by atoms with van der Waals surface area (Å²) >= 11 is 0. The molecule has 0 radical (unpaired) electrons. The van der Waals surface area contributed by atoms with E-state index in [1.807, 2.05) is 12.4 Å². The molecule has 0 amide bonds. The van der Waals surface area contributed by atoms with Crippen LogP contribution in [0.3, 0.4) is 0 Å². The quantitative estimate of drug-likeness (QED) is 0.878. The number of aromatic nitrogens is 2. The smallest absolute Gasteiger partial charge is 0.214 e. The molecule has 2 aliphatic heterocycles. The molecule has 0 bridgehead atoms. The average molecular weight is 313 g/mol. The van der Waals surface area contributed by atoms with E-state index >= 15 is 0 Å². The number of aryl methyl sites for hydroxylation is 1. The second kappa shape index (κ2) is 6.46. The van der Waals surface area contributed by atoms with E-state index in [0.717, 1.165) is 44.5 Å². The Hall–Kier alpha value is -0.920. The fourth-order valence-electron chi connectivity index (χ4n) is 3.08. The predicted molar refractivity (Wildman–Crippen MR) is 79.4 cm³/mol. The van der Waals surface area contributed by atoms with Crippen molar-refractivity contribution in [1.82, 2.24) is 14.3 Å². The first-order valence-corrected chi connectivity index (χ1v) is 9.36.